The second kappa shape index (κ2) is 5.43. The fourth-order valence-electron chi connectivity index (χ4n) is 3.86. The molecule has 2 fully saturated rings. The predicted octanol–water partition coefficient (Wildman–Crippen LogP) is 3.60. The summed E-state index contributed by atoms with van der Waals surface area (Å²) in [6.07, 6.45) is 4.15. The van der Waals surface area contributed by atoms with Crippen molar-refractivity contribution in [1.82, 2.24) is 5.32 Å². The molecule has 1 atom stereocenters. The molecular formula is C16H22ClNO. The first-order chi connectivity index (χ1) is 9.23. The molecule has 0 aromatic heterocycles. The highest BCUT2D eigenvalue weighted by atomic mass is 35.5. The number of rotatable bonds is 3. The minimum absolute atomic E-state index is 0.440. The number of hydrogen-bond acceptors (Lipinski definition) is 2. The topological polar surface area (TPSA) is 21.3 Å². The maximum atomic E-state index is 6.15. The summed E-state index contributed by atoms with van der Waals surface area (Å²) in [6, 6.07) is 8.38. The van der Waals surface area contributed by atoms with E-state index in [1.165, 1.54) is 24.8 Å². The summed E-state index contributed by atoms with van der Waals surface area (Å²) >= 11 is 6.15. The lowest BCUT2D eigenvalue weighted by Gasteiger charge is -2.55. The minimum atomic E-state index is 0.440. The Morgan fingerprint density at radius 3 is 3.00 bits per heavy atom. The van der Waals surface area contributed by atoms with E-state index in [-0.39, 0.29) is 0 Å². The second-order valence-electron chi connectivity index (χ2n) is 5.91. The Labute approximate surface area is 120 Å². The summed E-state index contributed by atoms with van der Waals surface area (Å²) in [4.78, 5) is 0. The Morgan fingerprint density at radius 2 is 2.26 bits per heavy atom. The van der Waals surface area contributed by atoms with Crippen molar-refractivity contribution < 1.29 is 4.74 Å². The van der Waals surface area contributed by atoms with E-state index in [1.807, 2.05) is 6.07 Å². The Hall–Kier alpha value is -0.570. The van der Waals surface area contributed by atoms with Crippen LogP contribution in [0.2, 0.25) is 5.02 Å². The van der Waals surface area contributed by atoms with E-state index in [1.54, 1.807) is 0 Å². The molecule has 2 aliphatic rings. The number of nitrogens with one attached hydrogen (secondary N) is 1. The van der Waals surface area contributed by atoms with Gasteiger partial charge in [0.25, 0.3) is 0 Å². The van der Waals surface area contributed by atoms with E-state index in [0.717, 1.165) is 24.7 Å². The first-order valence-electron chi connectivity index (χ1n) is 7.31. The SMILES string of the molecule is CCOC1CC2(CCNCC2c2cccc(Cl)c2)C1. The van der Waals surface area contributed by atoms with Gasteiger partial charge in [-0.05, 0) is 55.8 Å². The molecule has 19 heavy (non-hydrogen) atoms. The van der Waals surface area contributed by atoms with E-state index in [9.17, 15) is 0 Å². The molecule has 1 saturated carbocycles. The van der Waals surface area contributed by atoms with Crippen LogP contribution in [0.1, 0.15) is 37.7 Å². The third-order valence-electron chi connectivity index (χ3n) is 4.81. The van der Waals surface area contributed by atoms with Gasteiger partial charge in [0.15, 0.2) is 0 Å². The van der Waals surface area contributed by atoms with Gasteiger partial charge >= 0.3 is 0 Å². The summed E-state index contributed by atoms with van der Waals surface area (Å²) in [6.45, 7) is 5.12. The standard InChI is InChI=1S/C16H22ClNO/c1-2-19-14-9-16(10-14)6-7-18-11-15(16)12-4-3-5-13(17)8-12/h3-5,8,14-15,18H,2,6-7,9-11H2,1H3. The largest absolute Gasteiger partial charge is 0.378 e. The number of halogens is 1. The summed E-state index contributed by atoms with van der Waals surface area (Å²) in [5.41, 5.74) is 1.82. The smallest absolute Gasteiger partial charge is 0.0586 e. The molecule has 3 heteroatoms. The molecule has 1 aliphatic heterocycles. The van der Waals surface area contributed by atoms with Gasteiger partial charge in [-0.2, -0.15) is 0 Å². The van der Waals surface area contributed by atoms with Gasteiger partial charge in [-0.3, -0.25) is 0 Å². The molecule has 3 rings (SSSR count). The maximum absolute atomic E-state index is 6.15. The summed E-state index contributed by atoms with van der Waals surface area (Å²) in [7, 11) is 0. The average Bonchev–Trinajstić information content (AvgIpc) is 2.38. The van der Waals surface area contributed by atoms with Crippen LogP contribution in [-0.2, 0) is 4.74 Å². The third kappa shape index (κ3) is 2.54. The highest BCUT2D eigenvalue weighted by Crippen LogP contribution is 2.55. The van der Waals surface area contributed by atoms with Gasteiger partial charge in [0, 0.05) is 24.1 Å². The monoisotopic (exact) mass is 279 g/mol. The Bertz CT molecular complexity index is 442. The Balaban J connectivity index is 1.79. The van der Waals surface area contributed by atoms with E-state index >= 15 is 0 Å². The van der Waals surface area contributed by atoms with Crippen LogP contribution >= 0.6 is 11.6 Å². The van der Waals surface area contributed by atoms with E-state index in [4.69, 9.17) is 16.3 Å². The molecule has 0 bridgehead atoms. The molecule has 1 aliphatic carbocycles. The van der Waals surface area contributed by atoms with Crippen molar-refractivity contribution in [1.29, 1.82) is 0 Å². The van der Waals surface area contributed by atoms with Crippen LogP contribution in [0.4, 0.5) is 0 Å². The first kappa shape index (κ1) is 13.4. The molecule has 1 spiro atoms. The van der Waals surface area contributed by atoms with Crippen LogP contribution in [0.15, 0.2) is 24.3 Å². The summed E-state index contributed by atoms with van der Waals surface area (Å²) in [5, 5.41) is 4.39. The van der Waals surface area contributed by atoms with Gasteiger partial charge in [-0.25, -0.2) is 0 Å². The van der Waals surface area contributed by atoms with Crippen LogP contribution in [0.5, 0.6) is 0 Å². The molecule has 1 saturated heterocycles. The first-order valence-corrected chi connectivity index (χ1v) is 7.69. The third-order valence-corrected chi connectivity index (χ3v) is 5.04. The van der Waals surface area contributed by atoms with Crippen molar-refractivity contribution in [2.75, 3.05) is 19.7 Å². The maximum Gasteiger partial charge on any atom is 0.0586 e. The zero-order valence-corrected chi connectivity index (χ0v) is 12.2. The second-order valence-corrected chi connectivity index (χ2v) is 6.35. The lowest BCUT2D eigenvalue weighted by Crippen LogP contribution is -2.53. The van der Waals surface area contributed by atoms with Gasteiger partial charge in [-0.1, -0.05) is 23.7 Å². The Kier molecular flexibility index (Phi) is 3.84. The quantitative estimate of drug-likeness (QED) is 0.913. The van der Waals surface area contributed by atoms with Gasteiger partial charge in [-0.15, -0.1) is 0 Å². The van der Waals surface area contributed by atoms with Crippen molar-refractivity contribution in [3.05, 3.63) is 34.9 Å². The number of piperidine rings is 1. The van der Waals surface area contributed by atoms with Crippen LogP contribution in [0.3, 0.4) is 0 Å². The van der Waals surface area contributed by atoms with Crippen molar-refractivity contribution in [2.45, 2.75) is 38.2 Å². The lowest BCUT2D eigenvalue weighted by molar-refractivity contribution is -0.0995. The predicted molar refractivity (Wildman–Crippen MR) is 78.8 cm³/mol. The number of hydrogen-bond donors (Lipinski definition) is 1. The fraction of sp³-hybridized carbons (Fsp3) is 0.625. The summed E-state index contributed by atoms with van der Waals surface area (Å²) in [5.74, 6) is 0.580. The highest BCUT2D eigenvalue weighted by molar-refractivity contribution is 6.30. The molecule has 2 nitrogen and oxygen atoms in total. The fourth-order valence-corrected chi connectivity index (χ4v) is 4.06. The molecule has 1 heterocycles. The van der Waals surface area contributed by atoms with Crippen LogP contribution in [0, 0.1) is 5.41 Å². The van der Waals surface area contributed by atoms with Crippen molar-refractivity contribution in [3.8, 4) is 0 Å². The Morgan fingerprint density at radius 1 is 1.42 bits per heavy atom. The van der Waals surface area contributed by atoms with Crippen LogP contribution in [-0.4, -0.2) is 25.8 Å². The minimum Gasteiger partial charge on any atom is -0.378 e. The van der Waals surface area contributed by atoms with Gasteiger partial charge < -0.3 is 10.1 Å². The molecule has 1 aromatic carbocycles. The molecule has 0 amide bonds. The van der Waals surface area contributed by atoms with Gasteiger partial charge in [0.05, 0.1) is 6.10 Å². The number of benzene rings is 1. The van der Waals surface area contributed by atoms with Crippen molar-refractivity contribution >= 4 is 11.6 Å². The number of ether oxygens (including phenoxy) is 1. The van der Waals surface area contributed by atoms with E-state index in [0.29, 0.717) is 17.4 Å². The zero-order valence-electron chi connectivity index (χ0n) is 11.5. The molecule has 1 aromatic rings. The highest BCUT2D eigenvalue weighted by Gasteiger charge is 2.51. The average molecular weight is 280 g/mol. The molecule has 0 radical (unpaired) electrons. The zero-order chi connectivity index (χ0) is 13.3. The van der Waals surface area contributed by atoms with Gasteiger partial charge in [0.1, 0.15) is 0 Å². The lowest BCUT2D eigenvalue weighted by atomic mass is 9.55. The molecular weight excluding hydrogens is 258 g/mol. The molecule has 1 N–H and O–H groups in total. The van der Waals surface area contributed by atoms with E-state index < -0.39 is 0 Å². The molecule has 104 valence electrons. The van der Waals surface area contributed by atoms with Crippen molar-refractivity contribution in [3.63, 3.8) is 0 Å². The van der Waals surface area contributed by atoms with Gasteiger partial charge in [0.2, 0.25) is 0 Å². The molecule has 1 unspecified atom stereocenters. The summed E-state index contributed by atoms with van der Waals surface area (Å²) < 4.78 is 5.77. The van der Waals surface area contributed by atoms with E-state index in [2.05, 4.69) is 30.4 Å². The van der Waals surface area contributed by atoms with Crippen LogP contribution < -0.4 is 5.32 Å². The van der Waals surface area contributed by atoms with Crippen molar-refractivity contribution in [2.24, 2.45) is 5.41 Å². The van der Waals surface area contributed by atoms with Crippen LogP contribution in [0.25, 0.3) is 0 Å². The normalized spacial score (nSPS) is 34.2.